The van der Waals surface area contributed by atoms with Crippen molar-refractivity contribution in [3.05, 3.63) is 157 Å². The SMILES string of the molecule is CC1(C)c2ccccc2-c2cc3cc4ccccc4c(-c4ccc(-c5nc6ccccc6n5-c5ccccc5)cc4)c3cc21. The average molecular weight is 563 g/mol. The molecule has 0 fully saturated rings. The fraction of sp³-hybridized carbons (Fsp3) is 0.0714. The molecule has 208 valence electrons. The maximum atomic E-state index is 5.10. The molecular formula is C42H30N2. The molecule has 0 bridgehead atoms. The summed E-state index contributed by atoms with van der Waals surface area (Å²) in [6, 6.07) is 52.8. The highest BCUT2D eigenvalue weighted by molar-refractivity contribution is 6.14. The maximum Gasteiger partial charge on any atom is 0.145 e. The van der Waals surface area contributed by atoms with Crippen molar-refractivity contribution in [1.29, 1.82) is 0 Å². The van der Waals surface area contributed by atoms with Crippen molar-refractivity contribution in [2.45, 2.75) is 19.3 Å². The van der Waals surface area contributed by atoms with Gasteiger partial charge in [0.05, 0.1) is 11.0 Å². The molecule has 0 saturated carbocycles. The van der Waals surface area contributed by atoms with Crippen LogP contribution in [-0.2, 0) is 5.41 Å². The van der Waals surface area contributed by atoms with E-state index in [1.165, 1.54) is 54.9 Å². The Kier molecular flexibility index (Phi) is 5.28. The van der Waals surface area contributed by atoms with Gasteiger partial charge in [0.1, 0.15) is 5.82 Å². The van der Waals surface area contributed by atoms with Crippen LogP contribution < -0.4 is 0 Å². The van der Waals surface area contributed by atoms with E-state index in [4.69, 9.17) is 4.98 Å². The molecule has 0 N–H and O–H groups in total. The summed E-state index contributed by atoms with van der Waals surface area (Å²) in [4.78, 5) is 5.10. The zero-order valence-corrected chi connectivity index (χ0v) is 24.8. The monoisotopic (exact) mass is 562 g/mol. The molecule has 8 aromatic rings. The molecule has 1 aliphatic carbocycles. The van der Waals surface area contributed by atoms with E-state index < -0.39 is 0 Å². The molecule has 44 heavy (non-hydrogen) atoms. The quantitative estimate of drug-likeness (QED) is 0.196. The number of benzene rings is 7. The number of fused-ring (bicyclic) bond motifs is 6. The number of imidazole rings is 1. The molecule has 0 aliphatic heterocycles. The molecule has 9 rings (SSSR count). The van der Waals surface area contributed by atoms with Crippen LogP contribution in [0.3, 0.4) is 0 Å². The van der Waals surface area contributed by atoms with Gasteiger partial charge in [-0.15, -0.1) is 0 Å². The third-order valence-electron chi connectivity index (χ3n) is 9.57. The summed E-state index contributed by atoms with van der Waals surface area (Å²) in [6.45, 7) is 4.72. The van der Waals surface area contributed by atoms with E-state index in [1.54, 1.807) is 0 Å². The summed E-state index contributed by atoms with van der Waals surface area (Å²) >= 11 is 0. The van der Waals surface area contributed by atoms with E-state index in [1.807, 2.05) is 0 Å². The first-order valence-electron chi connectivity index (χ1n) is 15.3. The minimum Gasteiger partial charge on any atom is -0.292 e. The number of nitrogens with zero attached hydrogens (tertiary/aromatic N) is 2. The highest BCUT2D eigenvalue weighted by Gasteiger charge is 2.35. The molecule has 0 unspecified atom stereocenters. The summed E-state index contributed by atoms with van der Waals surface area (Å²) < 4.78 is 2.26. The first-order chi connectivity index (χ1) is 21.6. The van der Waals surface area contributed by atoms with Crippen molar-refractivity contribution in [1.82, 2.24) is 9.55 Å². The average Bonchev–Trinajstić information content (AvgIpc) is 3.56. The summed E-state index contributed by atoms with van der Waals surface area (Å²) in [6.07, 6.45) is 0. The molecule has 1 aliphatic rings. The van der Waals surface area contributed by atoms with Crippen LogP contribution >= 0.6 is 0 Å². The molecule has 0 atom stereocenters. The van der Waals surface area contributed by atoms with Crippen molar-refractivity contribution in [3.63, 3.8) is 0 Å². The fourth-order valence-corrected chi connectivity index (χ4v) is 7.42. The molecule has 1 aromatic heterocycles. The Morgan fingerprint density at radius 2 is 1.23 bits per heavy atom. The zero-order chi connectivity index (χ0) is 29.4. The number of aromatic nitrogens is 2. The van der Waals surface area contributed by atoms with Gasteiger partial charge in [-0.25, -0.2) is 4.98 Å². The number of hydrogen-bond donors (Lipinski definition) is 0. The van der Waals surface area contributed by atoms with Gasteiger partial charge in [-0.3, -0.25) is 4.57 Å². The zero-order valence-electron chi connectivity index (χ0n) is 24.8. The van der Waals surface area contributed by atoms with E-state index in [0.717, 1.165) is 28.1 Å². The van der Waals surface area contributed by atoms with Gasteiger partial charge >= 0.3 is 0 Å². The van der Waals surface area contributed by atoms with Gasteiger partial charge in [-0.05, 0) is 97.4 Å². The first-order valence-corrected chi connectivity index (χ1v) is 15.3. The Hall–Kier alpha value is -5.47. The lowest BCUT2D eigenvalue weighted by molar-refractivity contribution is 0.661. The standard InChI is InChI=1S/C42H30N2/c1-42(2)36-17-9-8-16-33(36)35-25-30-24-29-12-6-7-15-32(29)40(34(30)26-37(35)42)27-20-22-28(23-21-27)41-43-38-18-10-11-19-39(38)44(41)31-13-4-3-5-14-31/h3-26H,1-2H3. The third kappa shape index (κ3) is 3.58. The second-order valence-corrected chi connectivity index (χ2v) is 12.4. The van der Waals surface area contributed by atoms with Crippen molar-refractivity contribution >= 4 is 32.6 Å². The van der Waals surface area contributed by atoms with E-state index in [-0.39, 0.29) is 5.41 Å². The van der Waals surface area contributed by atoms with Crippen LogP contribution in [0.1, 0.15) is 25.0 Å². The summed E-state index contributed by atoms with van der Waals surface area (Å²) in [7, 11) is 0. The molecule has 0 amide bonds. The molecule has 2 nitrogen and oxygen atoms in total. The van der Waals surface area contributed by atoms with Gasteiger partial charge in [0.25, 0.3) is 0 Å². The van der Waals surface area contributed by atoms with Crippen molar-refractivity contribution in [2.75, 3.05) is 0 Å². The summed E-state index contributed by atoms with van der Waals surface area (Å²) in [5.74, 6) is 0.948. The molecule has 0 radical (unpaired) electrons. The normalized spacial score (nSPS) is 13.4. The Bertz CT molecular complexity index is 2390. The molecule has 2 heteroatoms. The third-order valence-corrected chi connectivity index (χ3v) is 9.57. The second-order valence-electron chi connectivity index (χ2n) is 12.4. The molecule has 0 spiro atoms. The highest BCUT2D eigenvalue weighted by Crippen LogP contribution is 2.51. The molecule has 1 heterocycles. The summed E-state index contributed by atoms with van der Waals surface area (Å²) in [5.41, 5.74) is 12.3. The van der Waals surface area contributed by atoms with Crippen LogP contribution in [-0.4, -0.2) is 9.55 Å². The van der Waals surface area contributed by atoms with Crippen LogP contribution in [0.15, 0.2) is 146 Å². The van der Waals surface area contributed by atoms with Gasteiger partial charge in [0.2, 0.25) is 0 Å². The predicted octanol–water partition coefficient (Wildman–Crippen LogP) is 11.0. The van der Waals surface area contributed by atoms with Crippen molar-refractivity contribution in [3.8, 4) is 39.3 Å². The van der Waals surface area contributed by atoms with Gasteiger partial charge in [0.15, 0.2) is 0 Å². The van der Waals surface area contributed by atoms with Gasteiger partial charge < -0.3 is 0 Å². The lowest BCUT2D eigenvalue weighted by Crippen LogP contribution is -2.14. The van der Waals surface area contributed by atoms with Crippen LogP contribution in [0.5, 0.6) is 0 Å². The minimum atomic E-state index is -0.0522. The van der Waals surface area contributed by atoms with E-state index in [2.05, 4.69) is 164 Å². The smallest absolute Gasteiger partial charge is 0.145 e. The lowest BCUT2D eigenvalue weighted by atomic mass is 9.81. The highest BCUT2D eigenvalue weighted by atomic mass is 15.1. The number of rotatable bonds is 3. The molecule has 7 aromatic carbocycles. The van der Waals surface area contributed by atoms with Crippen LogP contribution in [0.4, 0.5) is 0 Å². The van der Waals surface area contributed by atoms with E-state index >= 15 is 0 Å². The summed E-state index contributed by atoms with van der Waals surface area (Å²) in [5, 5.41) is 5.11. The minimum absolute atomic E-state index is 0.0522. The van der Waals surface area contributed by atoms with Gasteiger partial charge in [-0.1, -0.05) is 117 Å². The Labute approximate surface area is 256 Å². The van der Waals surface area contributed by atoms with E-state index in [9.17, 15) is 0 Å². The Morgan fingerprint density at radius 3 is 2.09 bits per heavy atom. The fourth-order valence-electron chi connectivity index (χ4n) is 7.42. The largest absolute Gasteiger partial charge is 0.292 e. The molecule has 0 saturated heterocycles. The van der Waals surface area contributed by atoms with Crippen molar-refractivity contribution < 1.29 is 0 Å². The first kappa shape index (κ1) is 25.1. The van der Waals surface area contributed by atoms with Crippen LogP contribution in [0.25, 0.3) is 71.9 Å². The number of para-hydroxylation sites is 3. The van der Waals surface area contributed by atoms with Crippen molar-refractivity contribution in [2.24, 2.45) is 0 Å². The molecular weight excluding hydrogens is 532 g/mol. The van der Waals surface area contributed by atoms with Gasteiger partial charge in [-0.2, -0.15) is 0 Å². The number of hydrogen-bond acceptors (Lipinski definition) is 1. The topological polar surface area (TPSA) is 17.8 Å². The second kappa shape index (κ2) is 9.26. The maximum absolute atomic E-state index is 5.10. The Balaban J connectivity index is 1.26. The van der Waals surface area contributed by atoms with Gasteiger partial charge in [0, 0.05) is 16.7 Å². The van der Waals surface area contributed by atoms with E-state index in [0.29, 0.717) is 0 Å². The Morgan fingerprint density at radius 1 is 0.523 bits per heavy atom. The predicted molar refractivity (Wildman–Crippen MR) is 185 cm³/mol. The van der Waals surface area contributed by atoms with Crippen LogP contribution in [0, 0.1) is 0 Å². The lowest BCUT2D eigenvalue weighted by Gasteiger charge is -2.22. The van der Waals surface area contributed by atoms with Crippen LogP contribution in [0.2, 0.25) is 0 Å².